The second kappa shape index (κ2) is 5.65. The lowest BCUT2D eigenvalue weighted by Crippen LogP contribution is -2.07. The molecule has 2 aromatic rings. The molecule has 0 atom stereocenters. The Labute approximate surface area is 119 Å². The normalized spacial score (nSPS) is 11.2. The van der Waals surface area contributed by atoms with E-state index in [1.165, 1.54) is 18.7 Å². The molecule has 0 saturated carbocycles. The van der Waals surface area contributed by atoms with Gasteiger partial charge >= 0.3 is 0 Å². The quantitative estimate of drug-likeness (QED) is 0.906. The molecule has 0 aliphatic rings. The molecule has 2 rings (SSSR count). The molecule has 0 aliphatic heterocycles. The van der Waals surface area contributed by atoms with E-state index in [1.807, 2.05) is 13.8 Å². The highest BCUT2D eigenvalue weighted by atomic mass is 19.1. The molecular weight excluding hydrogens is 255 g/mol. The number of fused-ring (bicyclic) bond motifs is 1. The van der Waals surface area contributed by atoms with E-state index in [4.69, 9.17) is 4.74 Å². The van der Waals surface area contributed by atoms with Gasteiger partial charge in [-0.3, -0.25) is 4.98 Å². The Balaban J connectivity index is 2.84. The van der Waals surface area contributed by atoms with Gasteiger partial charge in [0.2, 0.25) is 0 Å². The fourth-order valence-corrected chi connectivity index (χ4v) is 2.63. The molecule has 0 amide bonds. The molecule has 1 N–H and O–H groups in total. The molecule has 1 aromatic carbocycles. The molecule has 0 unspecified atom stereocenters. The number of halogens is 1. The highest BCUT2D eigenvalue weighted by Gasteiger charge is 2.17. The van der Waals surface area contributed by atoms with Crippen molar-refractivity contribution in [1.29, 1.82) is 0 Å². The second-order valence-electron chi connectivity index (χ2n) is 5.17. The average molecular weight is 276 g/mol. The molecule has 4 heteroatoms. The molecule has 0 spiro atoms. The maximum absolute atomic E-state index is 13.8. The molecule has 3 nitrogen and oxygen atoms in total. The molecule has 108 valence electrons. The predicted octanol–water partition coefficient (Wildman–Crippen LogP) is 4.25. The van der Waals surface area contributed by atoms with Crippen molar-refractivity contribution in [1.82, 2.24) is 4.98 Å². The van der Waals surface area contributed by atoms with E-state index >= 15 is 0 Å². The van der Waals surface area contributed by atoms with Crippen LogP contribution in [0.4, 0.5) is 10.1 Å². The Morgan fingerprint density at radius 3 is 2.60 bits per heavy atom. The van der Waals surface area contributed by atoms with Crippen LogP contribution < -0.4 is 10.1 Å². The lowest BCUT2D eigenvalue weighted by molar-refractivity contribution is 0.387. The summed E-state index contributed by atoms with van der Waals surface area (Å²) in [6, 6.07) is 3.16. The Morgan fingerprint density at radius 2 is 2.05 bits per heavy atom. The molecule has 0 bridgehead atoms. The molecule has 0 fully saturated rings. The largest absolute Gasteiger partial charge is 0.494 e. The summed E-state index contributed by atoms with van der Waals surface area (Å²) >= 11 is 0. The molecule has 0 radical (unpaired) electrons. The van der Waals surface area contributed by atoms with E-state index in [9.17, 15) is 4.39 Å². The lowest BCUT2D eigenvalue weighted by atomic mass is 9.96. The Morgan fingerprint density at radius 1 is 1.35 bits per heavy atom. The third kappa shape index (κ3) is 2.42. The summed E-state index contributed by atoms with van der Waals surface area (Å²) in [7, 11) is 1.47. The predicted molar refractivity (Wildman–Crippen MR) is 81.2 cm³/mol. The number of hydrogen-bond donors (Lipinski definition) is 1. The number of nitrogens with zero attached hydrogens (tertiary/aromatic N) is 1. The van der Waals surface area contributed by atoms with Gasteiger partial charge in [-0.2, -0.15) is 0 Å². The van der Waals surface area contributed by atoms with Gasteiger partial charge in [0.1, 0.15) is 0 Å². The van der Waals surface area contributed by atoms with E-state index in [-0.39, 0.29) is 11.6 Å². The summed E-state index contributed by atoms with van der Waals surface area (Å²) in [5.41, 5.74) is 3.80. The minimum Gasteiger partial charge on any atom is -0.494 e. The van der Waals surface area contributed by atoms with Crippen LogP contribution >= 0.6 is 0 Å². The van der Waals surface area contributed by atoms with E-state index < -0.39 is 0 Å². The number of methoxy groups -OCH3 is 1. The van der Waals surface area contributed by atoms with Gasteiger partial charge in [-0.15, -0.1) is 0 Å². The molecule has 0 saturated heterocycles. The summed E-state index contributed by atoms with van der Waals surface area (Å²) in [6.07, 6.45) is 0. The monoisotopic (exact) mass is 276 g/mol. The number of benzene rings is 1. The number of hydrogen-bond acceptors (Lipinski definition) is 3. The summed E-state index contributed by atoms with van der Waals surface area (Å²) in [6.45, 7) is 9.09. The van der Waals surface area contributed by atoms with Crippen LogP contribution in [0.25, 0.3) is 10.9 Å². The number of nitrogens with one attached hydrogen (secondary N) is 1. The summed E-state index contributed by atoms with van der Waals surface area (Å²) < 4.78 is 18.9. The van der Waals surface area contributed by atoms with E-state index in [1.54, 1.807) is 6.07 Å². The Kier molecular flexibility index (Phi) is 4.12. The standard InChI is InChI=1S/C16H21FN2O/c1-6-18-16-11-7-14(20-5)12(17)8-13(11)19-10(4)15(16)9(2)3/h7-9H,6H2,1-5H3,(H,18,19). The van der Waals surface area contributed by atoms with E-state index in [2.05, 4.69) is 24.1 Å². The summed E-state index contributed by atoms with van der Waals surface area (Å²) in [4.78, 5) is 4.54. The van der Waals surface area contributed by atoms with Gasteiger partial charge in [-0.1, -0.05) is 13.8 Å². The number of pyridine rings is 1. The first-order valence-electron chi connectivity index (χ1n) is 6.91. The highest BCUT2D eigenvalue weighted by Crippen LogP contribution is 2.36. The Bertz CT molecular complexity index is 638. The lowest BCUT2D eigenvalue weighted by Gasteiger charge is -2.19. The van der Waals surface area contributed by atoms with Gasteiger partial charge in [0.15, 0.2) is 11.6 Å². The van der Waals surface area contributed by atoms with Crippen LogP contribution in [0, 0.1) is 12.7 Å². The number of ether oxygens (including phenoxy) is 1. The molecule has 20 heavy (non-hydrogen) atoms. The van der Waals surface area contributed by atoms with Crippen LogP contribution in [0.5, 0.6) is 5.75 Å². The van der Waals surface area contributed by atoms with Gasteiger partial charge in [0.25, 0.3) is 0 Å². The zero-order valence-corrected chi connectivity index (χ0v) is 12.7. The van der Waals surface area contributed by atoms with Crippen LogP contribution in [0.1, 0.15) is 37.9 Å². The molecular formula is C16H21FN2O. The first-order chi connectivity index (χ1) is 9.49. The van der Waals surface area contributed by atoms with E-state index in [0.29, 0.717) is 11.4 Å². The van der Waals surface area contributed by atoms with Gasteiger partial charge < -0.3 is 10.1 Å². The minimum atomic E-state index is -0.383. The van der Waals surface area contributed by atoms with Crippen molar-refractivity contribution in [3.05, 3.63) is 29.2 Å². The SMILES string of the molecule is CCNc1c(C(C)C)c(C)nc2cc(F)c(OC)cc12. The fourth-order valence-electron chi connectivity index (χ4n) is 2.63. The van der Waals surface area contributed by atoms with Gasteiger partial charge in [0, 0.05) is 29.4 Å². The molecule has 0 aliphatic carbocycles. The number of aromatic nitrogens is 1. The van der Waals surface area contributed by atoms with Crippen molar-refractivity contribution < 1.29 is 9.13 Å². The Hall–Kier alpha value is -1.84. The van der Waals surface area contributed by atoms with Crippen molar-refractivity contribution in [2.45, 2.75) is 33.6 Å². The van der Waals surface area contributed by atoms with Gasteiger partial charge in [-0.05, 0) is 31.4 Å². The topological polar surface area (TPSA) is 34.2 Å². The smallest absolute Gasteiger partial charge is 0.167 e. The zero-order chi connectivity index (χ0) is 14.9. The summed E-state index contributed by atoms with van der Waals surface area (Å²) in [5, 5.41) is 4.30. The van der Waals surface area contributed by atoms with Crippen LogP contribution in [-0.4, -0.2) is 18.6 Å². The second-order valence-corrected chi connectivity index (χ2v) is 5.17. The van der Waals surface area contributed by atoms with Gasteiger partial charge in [0.05, 0.1) is 12.6 Å². The van der Waals surface area contributed by atoms with Gasteiger partial charge in [-0.25, -0.2) is 4.39 Å². The average Bonchev–Trinajstić information content (AvgIpc) is 2.37. The van der Waals surface area contributed by atoms with Crippen molar-refractivity contribution in [2.24, 2.45) is 0 Å². The van der Waals surface area contributed by atoms with Crippen LogP contribution in [0.2, 0.25) is 0 Å². The number of anilines is 1. The van der Waals surface area contributed by atoms with Crippen molar-refractivity contribution in [3.8, 4) is 5.75 Å². The number of rotatable bonds is 4. The highest BCUT2D eigenvalue weighted by molar-refractivity contribution is 5.94. The third-order valence-corrected chi connectivity index (χ3v) is 3.42. The van der Waals surface area contributed by atoms with E-state index in [0.717, 1.165) is 23.3 Å². The first kappa shape index (κ1) is 14.6. The maximum atomic E-state index is 13.8. The van der Waals surface area contributed by atoms with Crippen LogP contribution in [0.15, 0.2) is 12.1 Å². The first-order valence-corrected chi connectivity index (χ1v) is 6.91. The number of aryl methyl sites for hydroxylation is 1. The maximum Gasteiger partial charge on any atom is 0.167 e. The zero-order valence-electron chi connectivity index (χ0n) is 12.7. The van der Waals surface area contributed by atoms with Crippen molar-refractivity contribution in [3.63, 3.8) is 0 Å². The minimum absolute atomic E-state index is 0.247. The fraction of sp³-hybridized carbons (Fsp3) is 0.438. The van der Waals surface area contributed by atoms with Crippen LogP contribution in [-0.2, 0) is 0 Å². The molecule has 1 heterocycles. The van der Waals surface area contributed by atoms with Crippen molar-refractivity contribution in [2.75, 3.05) is 19.0 Å². The summed E-state index contributed by atoms with van der Waals surface area (Å²) in [5.74, 6) is 0.209. The third-order valence-electron chi connectivity index (χ3n) is 3.42. The molecule has 1 aromatic heterocycles. The van der Waals surface area contributed by atoms with Crippen LogP contribution in [0.3, 0.4) is 0 Å². The van der Waals surface area contributed by atoms with Crippen molar-refractivity contribution >= 4 is 16.6 Å².